The molecule has 0 atom stereocenters. The minimum atomic E-state index is -0.231. The molecule has 1 aliphatic rings. The van der Waals surface area contributed by atoms with Crippen molar-refractivity contribution in [2.75, 3.05) is 11.9 Å². The summed E-state index contributed by atoms with van der Waals surface area (Å²) in [6.45, 7) is 3.79. The number of rotatable bonds is 6. The molecule has 3 rings (SSSR count). The predicted molar refractivity (Wildman–Crippen MR) is 97.0 cm³/mol. The summed E-state index contributed by atoms with van der Waals surface area (Å²) in [6, 6.07) is 13.0. The first-order valence-corrected chi connectivity index (χ1v) is 8.43. The van der Waals surface area contributed by atoms with Gasteiger partial charge in [-0.05, 0) is 56.0 Å². The van der Waals surface area contributed by atoms with Gasteiger partial charge in [-0.1, -0.05) is 24.3 Å². The second kappa shape index (κ2) is 7.38. The highest BCUT2D eigenvalue weighted by Gasteiger charge is 2.23. The van der Waals surface area contributed by atoms with Crippen molar-refractivity contribution in [2.24, 2.45) is 0 Å². The number of nitrogens with one attached hydrogen (secondary N) is 2. The Balaban J connectivity index is 1.57. The van der Waals surface area contributed by atoms with E-state index in [0.717, 1.165) is 29.7 Å². The van der Waals surface area contributed by atoms with Gasteiger partial charge in [0.25, 0.3) is 11.8 Å². The van der Waals surface area contributed by atoms with Gasteiger partial charge in [-0.3, -0.25) is 9.59 Å². The largest absolute Gasteiger partial charge is 0.484 e. The lowest BCUT2D eigenvalue weighted by atomic mass is 10.1. The lowest BCUT2D eigenvalue weighted by Gasteiger charge is -2.12. The number of para-hydroxylation sites is 1. The van der Waals surface area contributed by atoms with E-state index >= 15 is 0 Å². The minimum absolute atomic E-state index is 0.104. The third kappa shape index (κ3) is 4.59. The minimum Gasteiger partial charge on any atom is -0.484 e. The molecule has 25 heavy (non-hydrogen) atoms. The molecule has 2 N–H and O–H groups in total. The van der Waals surface area contributed by atoms with Crippen molar-refractivity contribution in [3.63, 3.8) is 0 Å². The van der Waals surface area contributed by atoms with E-state index in [1.54, 1.807) is 24.3 Å². The zero-order valence-corrected chi connectivity index (χ0v) is 14.5. The Labute approximate surface area is 147 Å². The molecule has 0 saturated heterocycles. The van der Waals surface area contributed by atoms with Crippen LogP contribution in [0.4, 0.5) is 5.69 Å². The standard InChI is InChI=1S/C20H22N2O3/c1-13-5-3-6-14(2)19(13)22-18(23)12-25-17-8-4-7-15(11-17)20(24)21-16-9-10-16/h3-8,11,16H,9-10,12H2,1-2H3,(H,21,24)(H,22,23). The molecule has 1 aliphatic carbocycles. The zero-order chi connectivity index (χ0) is 17.8. The van der Waals surface area contributed by atoms with Gasteiger partial charge in [0.2, 0.25) is 0 Å². The Bertz CT molecular complexity index is 777. The number of hydrogen-bond donors (Lipinski definition) is 2. The topological polar surface area (TPSA) is 67.4 Å². The molecule has 5 heteroatoms. The van der Waals surface area contributed by atoms with Crippen molar-refractivity contribution in [1.29, 1.82) is 0 Å². The summed E-state index contributed by atoms with van der Waals surface area (Å²) in [6.07, 6.45) is 2.08. The Morgan fingerprint density at radius 3 is 2.44 bits per heavy atom. The Morgan fingerprint density at radius 1 is 1.08 bits per heavy atom. The Kier molecular flexibility index (Phi) is 5.03. The zero-order valence-electron chi connectivity index (χ0n) is 14.5. The first kappa shape index (κ1) is 17.0. The van der Waals surface area contributed by atoms with E-state index < -0.39 is 0 Å². The molecule has 5 nitrogen and oxygen atoms in total. The third-order valence-electron chi connectivity index (χ3n) is 4.12. The van der Waals surface area contributed by atoms with Crippen molar-refractivity contribution >= 4 is 17.5 Å². The van der Waals surface area contributed by atoms with E-state index in [-0.39, 0.29) is 18.4 Å². The normalized spacial score (nSPS) is 13.2. The molecule has 2 aromatic rings. The Morgan fingerprint density at radius 2 is 1.76 bits per heavy atom. The van der Waals surface area contributed by atoms with Crippen molar-refractivity contribution < 1.29 is 14.3 Å². The molecule has 2 amide bonds. The van der Waals surface area contributed by atoms with Crippen molar-refractivity contribution in [1.82, 2.24) is 5.32 Å². The van der Waals surface area contributed by atoms with Gasteiger partial charge in [0.05, 0.1) is 0 Å². The molecule has 0 aliphatic heterocycles. The lowest BCUT2D eigenvalue weighted by molar-refractivity contribution is -0.118. The van der Waals surface area contributed by atoms with Gasteiger partial charge in [-0.25, -0.2) is 0 Å². The molecular formula is C20H22N2O3. The van der Waals surface area contributed by atoms with Crippen LogP contribution in [0.3, 0.4) is 0 Å². The average Bonchev–Trinajstić information content (AvgIpc) is 3.41. The van der Waals surface area contributed by atoms with Gasteiger partial charge in [0.1, 0.15) is 5.75 Å². The summed E-state index contributed by atoms with van der Waals surface area (Å²) in [5.41, 5.74) is 3.37. The highest BCUT2D eigenvalue weighted by atomic mass is 16.5. The van der Waals surface area contributed by atoms with Gasteiger partial charge < -0.3 is 15.4 Å². The molecule has 1 saturated carbocycles. The molecule has 0 aromatic heterocycles. The number of ether oxygens (including phenoxy) is 1. The highest BCUT2D eigenvalue weighted by molar-refractivity contribution is 5.95. The molecule has 0 spiro atoms. The van der Waals surface area contributed by atoms with E-state index in [0.29, 0.717) is 17.4 Å². The van der Waals surface area contributed by atoms with Crippen LogP contribution in [0.5, 0.6) is 5.75 Å². The van der Waals surface area contributed by atoms with Crippen LogP contribution < -0.4 is 15.4 Å². The van der Waals surface area contributed by atoms with Crippen molar-refractivity contribution in [2.45, 2.75) is 32.7 Å². The van der Waals surface area contributed by atoms with Crippen LogP contribution in [0, 0.1) is 13.8 Å². The molecule has 0 unspecified atom stereocenters. The number of aryl methyl sites for hydroxylation is 2. The fraction of sp³-hybridized carbons (Fsp3) is 0.300. The maximum atomic E-state index is 12.1. The summed E-state index contributed by atoms with van der Waals surface area (Å²) < 4.78 is 5.54. The van der Waals surface area contributed by atoms with Crippen LogP contribution in [-0.2, 0) is 4.79 Å². The van der Waals surface area contributed by atoms with E-state index in [1.807, 2.05) is 32.0 Å². The lowest BCUT2D eigenvalue weighted by Crippen LogP contribution is -2.25. The molecule has 0 heterocycles. The van der Waals surface area contributed by atoms with E-state index in [9.17, 15) is 9.59 Å². The molecule has 0 bridgehead atoms. The third-order valence-corrected chi connectivity index (χ3v) is 4.12. The van der Waals surface area contributed by atoms with E-state index in [1.165, 1.54) is 0 Å². The summed E-state index contributed by atoms with van der Waals surface area (Å²) >= 11 is 0. The van der Waals surface area contributed by atoms with E-state index in [4.69, 9.17) is 4.74 Å². The summed E-state index contributed by atoms with van der Waals surface area (Å²) in [5.74, 6) is 0.165. The van der Waals surface area contributed by atoms with Gasteiger partial charge in [-0.2, -0.15) is 0 Å². The first-order valence-electron chi connectivity index (χ1n) is 8.43. The van der Waals surface area contributed by atoms with Crippen LogP contribution in [0.15, 0.2) is 42.5 Å². The fourth-order valence-corrected chi connectivity index (χ4v) is 2.56. The average molecular weight is 338 g/mol. The van der Waals surface area contributed by atoms with Gasteiger partial charge in [-0.15, -0.1) is 0 Å². The second-order valence-corrected chi connectivity index (χ2v) is 6.38. The van der Waals surface area contributed by atoms with E-state index in [2.05, 4.69) is 10.6 Å². The maximum absolute atomic E-state index is 12.1. The first-order chi connectivity index (χ1) is 12.0. The quantitative estimate of drug-likeness (QED) is 0.850. The molecular weight excluding hydrogens is 316 g/mol. The van der Waals surface area contributed by atoms with Gasteiger partial charge in [0.15, 0.2) is 6.61 Å². The number of anilines is 1. The number of benzene rings is 2. The monoisotopic (exact) mass is 338 g/mol. The smallest absolute Gasteiger partial charge is 0.262 e. The maximum Gasteiger partial charge on any atom is 0.262 e. The van der Waals surface area contributed by atoms with Crippen LogP contribution >= 0.6 is 0 Å². The van der Waals surface area contributed by atoms with Crippen LogP contribution in [0.1, 0.15) is 34.3 Å². The predicted octanol–water partition coefficient (Wildman–Crippen LogP) is 3.21. The van der Waals surface area contributed by atoms with Crippen molar-refractivity contribution in [3.8, 4) is 5.75 Å². The number of hydrogen-bond acceptors (Lipinski definition) is 3. The fourth-order valence-electron chi connectivity index (χ4n) is 2.56. The Hall–Kier alpha value is -2.82. The number of carbonyl (C=O) groups excluding carboxylic acids is 2. The molecule has 1 fully saturated rings. The summed E-state index contributed by atoms with van der Waals surface area (Å²) in [7, 11) is 0. The van der Waals surface area contributed by atoms with Crippen LogP contribution in [0.2, 0.25) is 0 Å². The SMILES string of the molecule is Cc1cccc(C)c1NC(=O)COc1cccc(C(=O)NC2CC2)c1. The summed E-state index contributed by atoms with van der Waals surface area (Å²) in [4.78, 5) is 24.2. The molecule has 0 radical (unpaired) electrons. The molecule has 130 valence electrons. The second-order valence-electron chi connectivity index (χ2n) is 6.38. The highest BCUT2D eigenvalue weighted by Crippen LogP contribution is 2.21. The van der Waals surface area contributed by atoms with Crippen molar-refractivity contribution in [3.05, 3.63) is 59.2 Å². The summed E-state index contributed by atoms with van der Waals surface area (Å²) in [5, 5.41) is 5.81. The van der Waals surface area contributed by atoms with Gasteiger partial charge >= 0.3 is 0 Å². The number of amides is 2. The molecule has 2 aromatic carbocycles. The van der Waals surface area contributed by atoms with Gasteiger partial charge in [0, 0.05) is 17.3 Å². The number of carbonyl (C=O) groups is 2. The van der Waals surface area contributed by atoms with Crippen LogP contribution in [0.25, 0.3) is 0 Å². The van der Waals surface area contributed by atoms with Crippen LogP contribution in [-0.4, -0.2) is 24.5 Å².